The van der Waals surface area contributed by atoms with Crippen LogP contribution in [0.4, 0.5) is 4.79 Å². The molecule has 1 aliphatic heterocycles. The molecule has 3 rings (SSSR count). The maximum Gasteiger partial charge on any atom is 0.409 e. The average molecular weight is 425 g/mol. The summed E-state index contributed by atoms with van der Waals surface area (Å²) in [5, 5.41) is 0. The Hall–Kier alpha value is -1.83. The van der Waals surface area contributed by atoms with E-state index in [1.54, 1.807) is 6.07 Å². The van der Waals surface area contributed by atoms with E-state index in [0.29, 0.717) is 36.8 Å². The van der Waals surface area contributed by atoms with Crippen LogP contribution in [0.1, 0.15) is 39.5 Å². The number of nitrogens with zero attached hydrogens (tertiary/aromatic N) is 2. The van der Waals surface area contributed by atoms with Gasteiger partial charge in [-0.1, -0.05) is 13.8 Å². The number of likely N-dealkylation sites (tertiary alicyclic amines) is 1. The predicted molar refractivity (Wildman–Crippen MR) is 110 cm³/mol. The maximum absolute atomic E-state index is 12.1. The molecule has 0 bridgehead atoms. The lowest BCUT2D eigenvalue weighted by Crippen LogP contribution is -2.39. The SMILES string of the molecule is CC(C)COC(=O)N1CCC([C@H]2C[C@H]2CCOc2ccc(S(C)(=O)=O)cn2)CC1. The molecule has 1 saturated heterocycles. The van der Waals surface area contributed by atoms with Gasteiger partial charge in [-0.15, -0.1) is 0 Å². The predicted octanol–water partition coefficient (Wildman–Crippen LogP) is 3.39. The number of aromatic nitrogens is 1. The molecule has 1 amide bonds. The van der Waals surface area contributed by atoms with Crippen molar-refractivity contribution in [2.45, 2.75) is 44.4 Å². The van der Waals surface area contributed by atoms with E-state index >= 15 is 0 Å². The highest BCUT2D eigenvalue weighted by Gasteiger charge is 2.43. The van der Waals surface area contributed by atoms with Gasteiger partial charge in [0.15, 0.2) is 9.84 Å². The largest absolute Gasteiger partial charge is 0.478 e. The highest BCUT2D eigenvalue weighted by Crippen LogP contribution is 2.49. The van der Waals surface area contributed by atoms with Gasteiger partial charge in [0, 0.05) is 31.6 Å². The molecule has 0 spiro atoms. The fourth-order valence-corrected chi connectivity index (χ4v) is 4.57. The summed E-state index contributed by atoms with van der Waals surface area (Å²) in [5.74, 6) is 2.91. The normalized spacial score (nSPS) is 22.6. The minimum atomic E-state index is -3.23. The molecule has 1 aromatic rings. The number of pyridine rings is 1. The van der Waals surface area contributed by atoms with Crippen LogP contribution >= 0.6 is 0 Å². The highest BCUT2D eigenvalue weighted by molar-refractivity contribution is 7.90. The lowest BCUT2D eigenvalue weighted by molar-refractivity contribution is 0.0765. The van der Waals surface area contributed by atoms with Crippen molar-refractivity contribution in [3.05, 3.63) is 18.3 Å². The standard InChI is InChI=1S/C21H32N2O5S/c1-15(2)14-28-21(24)23-9-6-16(7-10-23)19-12-17(19)8-11-27-20-5-4-18(13-22-20)29(3,25)26/h4-5,13,15-17,19H,6-12,14H2,1-3H3/t17-,19-/m1/s1. The molecule has 162 valence electrons. The Bertz CT molecular complexity index is 786. The number of hydrogen-bond donors (Lipinski definition) is 0. The number of sulfone groups is 1. The molecule has 2 aliphatic rings. The Kier molecular flexibility index (Phi) is 7.03. The lowest BCUT2D eigenvalue weighted by Gasteiger charge is -2.31. The molecule has 1 aliphatic carbocycles. The molecule has 0 unspecified atom stereocenters. The first-order valence-corrected chi connectivity index (χ1v) is 12.3. The quantitative estimate of drug-likeness (QED) is 0.636. The Morgan fingerprint density at radius 3 is 2.59 bits per heavy atom. The minimum Gasteiger partial charge on any atom is -0.478 e. The number of hydrogen-bond acceptors (Lipinski definition) is 6. The molecule has 29 heavy (non-hydrogen) atoms. The lowest BCUT2D eigenvalue weighted by atomic mass is 9.91. The number of piperidine rings is 1. The van der Waals surface area contributed by atoms with E-state index in [9.17, 15) is 13.2 Å². The van der Waals surface area contributed by atoms with Crippen LogP contribution in [-0.4, -0.2) is 57.0 Å². The number of carbonyl (C=O) groups is 1. The van der Waals surface area contributed by atoms with Crippen molar-refractivity contribution in [3.63, 3.8) is 0 Å². The van der Waals surface area contributed by atoms with Gasteiger partial charge in [-0.25, -0.2) is 18.2 Å². The van der Waals surface area contributed by atoms with E-state index in [1.165, 1.54) is 18.7 Å². The smallest absolute Gasteiger partial charge is 0.409 e. The van der Waals surface area contributed by atoms with Crippen molar-refractivity contribution in [1.82, 2.24) is 9.88 Å². The van der Waals surface area contributed by atoms with Crippen LogP contribution in [0, 0.1) is 23.7 Å². The summed E-state index contributed by atoms with van der Waals surface area (Å²) in [6, 6.07) is 3.13. The summed E-state index contributed by atoms with van der Waals surface area (Å²) in [5.41, 5.74) is 0. The van der Waals surface area contributed by atoms with Crippen LogP contribution in [0.15, 0.2) is 23.2 Å². The van der Waals surface area contributed by atoms with Gasteiger partial charge < -0.3 is 14.4 Å². The van der Waals surface area contributed by atoms with Gasteiger partial charge in [0.05, 0.1) is 18.1 Å². The summed E-state index contributed by atoms with van der Waals surface area (Å²) in [6.07, 6.45) is 6.64. The number of ether oxygens (including phenoxy) is 2. The third kappa shape index (κ3) is 6.32. The van der Waals surface area contributed by atoms with Crippen LogP contribution in [0.5, 0.6) is 5.88 Å². The molecular formula is C21H32N2O5S. The van der Waals surface area contributed by atoms with E-state index in [4.69, 9.17) is 9.47 Å². The molecule has 0 aromatic carbocycles. The van der Waals surface area contributed by atoms with Gasteiger partial charge in [-0.2, -0.15) is 0 Å². The first kappa shape index (κ1) is 21.9. The summed E-state index contributed by atoms with van der Waals surface area (Å²) < 4.78 is 33.9. The summed E-state index contributed by atoms with van der Waals surface area (Å²) in [6.45, 7) is 6.73. The van der Waals surface area contributed by atoms with Gasteiger partial charge in [0.1, 0.15) is 0 Å². The van der Waals surface area contributed by atoms with Gasteiger partial charge in [0.25, 0.3) is 0 Å². The van der Waals surface area contributed by atoms with E-state index in [-0.39, 0.29) is 11.0 Å². The van der Waals surface area contributed by atoms with E-state index in [0.717, 1.165) is 44.5 Å². The molecule has 8 heteroatoms. The van der Waals surface area contributed by atoms with Crippen molar-refractivity contribution in [2.75, 3.05) is 32.6 Å². The molecule has 2 heterocycles. The van der Waals surface area contributed by atoms with Crippen LogP contribution in [0.3, 0.4) is 0 Å². The zero-order valence-electron chi connectivity index (χ0n) is 17.5. The van der Waals surface area contributed by atoms with E-state index < -0.39 is 9.84 Å². The maximum atomic E-state index is 12.1. The highest BCUT2D eigenvalue weighted by atomic mass is 32.2. The summed E-state index contributed by atoms with van der Waals surface area (Å²) >= 11 is 0. The van der Waals surface area contributed by atoms with Crippen molar-refractivity contribution in [3.8, 4) is 5.88 Å². The third-order valence-corrected chi connectivity index (χ3v) is 6.89. The van der Waals surface area contributed by atoms with Crippen LogP contribution in [0.25, 0.3) is 0 Å². The fourth-order valence-electron chi connectivity index (χ4n) is 4.01. The number of amides is 1. The van der Waals surface area contributed by atoms with E-state index in [1.807, 2.05) is 18.7 Å². The van der Waals surface area contributed by atoms with Crippen molar-refractivity contribution >= 4 is 15.9 Å². The molecular weight excluding hydrogens is 392 g/mol. The Labute approximate surface area is 173 Å². The summed E-state index contributed by atoms with van der Waals surface area (Å²) in [7, 11) is -3.23. The van der Waals surface area contributed by atoms with E-state index in [2.05, 4.69) is 4.98 Å². The van der Waals surface area contributed by atoms with Crippen LogP contribution in [-0.2, 0) is 14.6 Å². The number of rotatable bonds is 8. The molecule has 1 saturated carbocycles. The Balaban J connectivity index is 1.33. The van der Waals surface area contributed by atoms with Gasteiger partial charge >= 0.3 is 6.09 Å². The van der Waals surface area contributed by atoms with Crippen molar-refractivity contribution < 1.29 is 22.7 Å². The van der Waals surface area contributed by atoms with Gasteiger partial charge in [0.2, 0.25) is 5.88 Å². The zero-order valence-corrected chi connectivity index (χ0v) is 18.4. The van der Waals surface area contributed by atoms with Gasteiger partial charge in [-0.05, 0) is 55.4 Å². The molecule has 2 atom stereocenters. The average Bonchev–Trinajstić information content (AvgIpc) is 3.45. The third-order valence-electron chi connectivity index (χ3n) is 5.80. The Morgan fingerprint density at radius 1 is 1.28 bits per heavy atom. The Morgan fingerprint density at radius 2 is 2.00 bits per heavy atom. The monoisotopic (exact) mass is 424 g/mol. The second-order valence-corrected chi connectivity index (χ2v) is 10.7. The number of carbonyl (C=O) groups excluding carboxylic acids is 1. The molecule has 2 fully saturated rings. The van der Waals surface area contributed by atoms with Crippen molar-refractivity contribution in [1.29, 1.82) is 0 Å². The molecule has 0 radical (unpaired) electrons. The zero-order chi connectivity index (χ0) is 21.0. The second-order valence-electron chi connectivity index (χ2n) is 8.70. The van der Waals surface area contributed by atoms with Crippen LogP contribution < -0.4 is 4.74 Å². The fraction of sp³-hybridized carbons (Fsp3) is 0.714. The second kappa shape index (κ2) is 9.32. The first-order valence-electron chi connectivity index (χ1n) is 10.4. The first-order chi connectivity index (χ1) is 13.7. The molecule has 1 aromatic heterocycles. The molecule has 7 nitrogen and oxygen atoms in total. The molecule has 0 N–H and O–H groups in total. The minimum absolute atomic E-state index is 0.174. The van der Waals surface area contributed by atoms with Crippen LogP contribution in [0.2, 0.25) is 0 Å². The topological polar surface area (TPSA) is 85.8 Å². The summed E-state index contributed by atoms with van der Waals surface area (Å²) in [4.78, 5) is 18.2. The van der Waals surface area contributed by atoms with Crippen molar-refractivity contribution in [2.24, 2.45) is 23.7 Å². The van der Waals surface area contributed by atoms with Gasteiger partial charge in [-0.3, -0.25) is 0 Å².